The van der Waals surface area contributed by atoms with E-state index in [2.05, 4.69) is 13.8 Å². The summed E-state index contributed by atoms with van der Waals surface area (Å²) >= 11 is 0. The molecule has 7 heteroatoms. The average Bonchev–Trinajstić information content (AvgIpc) is 3.43. The van der Waals surface area contributed by atoms with Gasteiger partial charge in [-0.1, -0.05) is 26.7 Å². The standard InChI is InChI=1S/C20H38O7/c1-5-13(6-2)10-25-19(24)15-9-14(15)8-7-11(3)26-20-18(23)17(22)16(21)12(4)27-20/h11-24H,5-10H2,1-4H3/t11-,12+,14-,15+,16-,17-,18+,19?,20-/m1/s1. The molecule has 1 saturated heterocycles. The quantitative estimate of drug-likeness (QED) is 0.395. The molecular weight excluding hydrogens is 352 g/mol. The molecule has 9 atom stereocenters. The molecule has 0 radical (unpaired) electrons. The molecule has 2 aliphatic rings. The summed E-state index contributed by atoms with van der Waals surface area (Å²) in [6.07, 6.45) is -1.32. The van der Waals surface area contributed by atoms with Crippen LogP contribution in [0.25, 0.3) is 0 Å². The van der Waals surface area contributed by atoms with Crippen molar-refractivity contribution in [2.75, 3.05) is 6.61 Å². The fraction of sp³-hybridized carbons (Fsp3) is 1.00. The lowest BCUT2D eigenvalue weighted by Crippen LogP contribution is -2.57. The lowest BCUT2D eigenvalue weighted by Gasteiger charge is -2.39. The molecule has 2 rings (SSSR count). The molecule has 1 unspecified atom stereocenters. The van der Waals surface area contributed by atoms with Crippen molar-refractivity contribution in [2.24, 2.45) is 17.8 Å². The van der Waals surface area contributed by atoms with Crippen LogP contribution in [0.1, 0.15) is 59.8 Å². The van der Waals surface area contributed by atoms with E-state index in [0.29, 0.717) is 18.4 Å². The summed E-state index contributed by atoms with van der Waals surface area (Å²) in [6, 6.07) is 0. The number of aliphatic hydroxyl groups excluding tert-OH is 4. The summed E-state index contributed by atoms with van der Waals surface area (Å²) in [5.74, 6) is 1.12. The molecule has 1 aliphatic carbocycles. The first-order valence-electron chi connectivity index (χ1n) is 10.4. The Kier molecular flexibility index (Phi) is 8.93. The van der Waals surface area contributed by atoms with Crippen LogP contribution in [-0.2, 0) is 14.2 Å². The van der Waals surface area contributed by atoms with Crippen molar-refractivity contribution in [1.82, 2.24) is 0 Å². The average molecular weight is 391 g/mol. The van der Waals surface area contributed by atoms with Crippen molar-refractivity contribution in [3.63, 3.8) is 0 Å². The van der Waals surface area contributed by atoms with Gasteiger partial charge in [-0.05, 0) is 44.9 Å². The van der Waals surface area contributed by atoms with E-state index < -0.39 is 37.0 Å². The molecule has 2 fully saturated rings. The Morgan fingerprint density at radius 1 is 1.07 bits per heavy atom. The highest BCUT2D eigenvalue weighted by Gasteiger charge is 2.44. The molecule has 0 aromatic carbocycles. The monoisotopic (exact) mass is 390 g/mol. The van der Waals surface area contributed by atoms with E-state index in [9.17, 15) is 20.4 Å². The second-order valence-corrected chi connectivity index (χ2v) is 8.27. The summed E-state index contributed by atoms with van der Waals surface area (Å²) in [7, 11) is 0. The van der Waals surface area contributed by atoms with Crippen molar-refractivity contribution in [1.29, 1.82) is 0 Å². The van der Waals surface area contributed by atoms with Crippen LogP contribution in [-0.4, -0.2) is 70.1 Å². The third-order valence-corrected chi connectivity index (χ3v) is 6.12. The largest absolute Gasteiger partial charge is 0.388 e. The van der Waals surface area contributed by atoms with Gasteiger partial charge in [-0.25, -0.2) is 0 Å². The van der Waals surface area contributed by atoms with Crippen LogP contribution < -0.4 is 0 Å². The second kappa shape index (κ2) is 10.5. The number of ether oxygens (including phenoxy) is 3. The molecule has 0 bridgehead atoms. The molecule has 0 aromatic heterocycles. The summed E-state index contributed by atoms with van der Waals surface area (Å²) < 4.78 is 16.8. The van der Waals surface area contributed by atoms with Crippen molar-refractivity contribution in [2.45, 2.75) is 103 Å². The molecule has 0 amide bonds. The maximum atomic E-state index is 10.2. The smallest absolute Gasteiger partial charge is 0.186 e. The predicted octanol–water partition coefficient (Wildman–Crippen LogP) is 1.41. The molecule has 27 heavy (non-hydrogen) atoms. The maximum Gasteiger partial charge on any atom is 0.186 e. The Morgan fingerprint density at radius 3 is 2.37 bits per heavy atom. The van der Waals surface area contributed by atoms with Gasteiger partial charge in [-0.15, -0.1) is 0 Å². The Balaban J connectivity index is 1.66. The van der Waals surface area contributed by atoms with E-state index >= 15 is 0 Å². The van der Waals surface area contributed by atoms with E-state index in [1.54, 1.807) is 6.92 Å². The van der Waals surface area contributed by atoms with Crippen LogP contribution >= 0.6 is 0 Å². The van der Waals surface area contributed by atoms with Crippen molar-refractivity contribution in [3.05, 3.63) is 0 Å². The zero-order valence-corrected chi connectivity index (χ0v) is 17.0. The molecule has 1 saturated carbocycles. The van der Waals surface area contributed by atoms with E-state index in [-0.39, 0.29) is 12.0 Å². The summed E-state index contributed by atoms with van der Waals surface area (Å²) in [4.78, 5) is 0. The number of hydrogen-bond acceptors (Lipinski definition) is 7. The van der Waals surface area contributed by atoms with Crippen LogP contribution in [0.5, 0.6) is 0 Å². The van der Waals surface area contributed by atoms with Crippen LogP contribution in [0, 0.1) is 17.8 Å². The fourth-order valence-corrected chi connectivity index (χ4v) is 3.71. The van der Waals surface area contributed by atoms with Gasteiger partial charge in [-0.3, -0.25) is 0 Å². The molecule has 160 valence electrons. The third-order valence-electron chi connectivity index (χ3n) is 6.12. The van der Waals surface area contributed by atoms with Gasteiger partial charge in [0.1, 0.15) is 18.3 Å². The van der Waals surface area contributed by atoms with E-state index in [1.807, 2.05) is 6.92 Å². The summed E-state index contributed by atoms with van der Waals surface area (Å²) in [5, 5.41) is 39.8. The molecule has 1 aliphatic heterocycles. The Hall–Kier alpha value is -0.280. The first-order valence-corrected chi connectivity index (χ1v) is 10.4. The van der Waals surface area contributed by atoms with Gasteiger partial charge in [0.05, 0.1) is 18.8 Å². The highest BCUT2D eigenvalue weighted by molar-refractivity contribution is 4.89. The molecular formula is C20H38O7. The van der Waals surface area contributed by atoms with Gasteiger partial charge in [-0.2, -0.15) is 0 Å². The third kappa shape index (κ3) is 6.35. The van der Waals surface area contributed by atoms with Crippen LogP contribution in [0.3, 0.4) is 0 Å². The lowest BCUT2D eigenvalue weighted by atomic mass is 10.00. The number of aliphatic hydroxyl groups is 4. The summed E-state index contributed by atoms with van der Waals surface area (Å²) in [6.45, 7) is 8.42. The lowest BCUT2D eigenvalue weighted by molar-refractivity contribution is -0.303. The number of hydrogen-bond donors (Lipinski definition) is 4. The fourth-order valence-electron chi connectivity index (χ4n) is 3.71. The first kappa shape index (κ1) is 23.0. The minimum Gasteiger partial charge on any atom is -0.388 e. The normalized spacial score (nSPS) is 38.8. The zero-order chi connectivity index (χ0) is 20.1. The van der Waals surface area contributed by atoms with Gasteiger partial charge >= 0.3 is 0 Å². The second-order valence-electron chi connectivity index (χ2n) is 8.27. The Morgan fingerprint density at radius 2 is 1.74 bits per heavy atom. The molecule has 7 nitrogen and oxygen atoms in total. The van der Waals surface area contributed by atoms with Gasteiger partial charge in [0.25, 0.3) is 0 Å². The van der Waals surface area contributed by atoms with Gasteiger partial charge in [0.15, 0.2) is 12.6 Å². The van der Waals surface area contributed by atoms with Crippen molar-refractivity contribution in [3.8, 4) is 0 Å². The molecule has 0 aromatic rings. The molecule has 0 spiro atoms. The highest BCUT2D eigenvalue weighted by atomic mass is 16.7. The SMILES string of the molecule is CCC(CC)COC(O)[C@H]1C[C@H]1CC[C@@H](C)O[C@@H]1O[C@@H](C)[C@@H](O)[C@@H](O)[C@@H]1O. The Bertz CT molecular complexity index is 431. The van der Waals surface area contributed by atoms with Crippen molar-refractivity contribution >= 4 is 0 Å². The number of rotatable bonds is 11. The van der Waals surface area contributed by atoms with E-state index in [4.69, 9.17) is 14.2 Å². The minimum absolute atomic E-state index is 0.164. The van der Waals surface area contributed by atoms with E-state index in [0.717, 1.165) is 32.1 Å². The summed E-state index contributed by atoms with van der Waals surface area (Å²) in [5.41, 5.74) is 0. The van der Waals surface area contributed by atoms with Gasteiger partial charge < -0.3 is 34.6 Å². The molecule has 4 N–H and O–H groups in total. The van der Waals surface area contributed by atoms with Crippen LogP contribution in [0.2, 0.25) is 0 Å². The Labute approximate surface area is 162 Å². The van der Waals surface area contributed by atoms with Gasteiger partial charge in [0.2, 0.25) is 0 Å². The first-order chi connectivity index (χ1) is 12.8. The topological polar surface area (TPSA) is 109 Å². The highest BCUT2D eigenvalue weighted by Crippen LogP contribution is 2.45. The van der Waals surface area contributed by atoms with Crippen molar-refractivity contribution < 1.29 is 34.6 Å². The maximum absolute atomic E-state index is 10.2. The predicted molar refractivity (Wildman–Crippen MR) is 99.8 cm³/mol. The van der Waals surface area contributed by atoms with E-state index in [1.165, 1.54) is 0 Å². The molecule has 1 heterocycles. The van der Waals surface area contributed by atoms with Crippen LogP contribution in [0.4, 0.5) is 0 Å². The zero-order valence-electron chi connectivity index (χ0n) is 17.0. The van der Waals surface area contributed by atoms with Crippen LogP contribution in [0.15, 0.2) is 0 Å². The van der Waals surface area contributed by atoms with Gasteiger partial charge in [0, 0.05) is 5.92 Å². The minimum atomic E-state index is -1.28.